The van der Waals surface area contributed by atoms with Crippen LogP contribution in [-0.4, -0.2) is 44.6 Å². The third-order valence-corrected chi connectivity index (χ3v) is 2.04. The van der Waals surface area contributed by atoms with Crippen molar-refractivity contribution in [2.24, 2.45) is 0 Å². The number of benzene rings is 2. The second-order valence-corrected chi connectivity index (χ2v) is 5.53. The summed E-state index contributed by atoms with van der Waals surface area (Å²) in [6.07, 6.45) is -0.333. The third kappa shape index (κ3) is 24.0. The van der Waals surface area contributed by atoms with Crippen LogP contribution >= 0.6 is 0 Å². The first-order chi connectivity index (χ1) is 12.1. The first-order valence-electron chi connectivity index (χ1n) is 8.00. The van der Waals surface area contributed by atoms with Crippen molar-refractivity contribution >= 4 is 11.9 Å². The van der Waals surface area contributed by atoms with Crippen molar-refractivity contribution in [3.8, 4) is 0 Å². The van der Waals surface area contributed by atoms with Crippen LogP contribution in [0.5, 0.6) is 0 Å². The fraction of sp³-hybridized carbons (Fsp3) is 0.300. The van der Waals surface area contributed by atoms with Gasteiger partial charge in [-0.05, 0) is 52.0 Å². The van der Waals surface area contributed by atoms with E-state index in [1.807, 2.05) is 0 Å². The number of carboxylic acids is 2. The van der Waals surface area contributed by atoms with Crippen LogP contribution in [0.3, 0.4) is 0 Å². The number of hydrogen-bond donors (Lipinski definition) is 4. The normalized spacial score (nSPS) is 8.59. The fourth-order valence-electron chi connectivity index (χ4n) is 1.16. The molecule has 27 heavy (non-hydrogen) atoms. The average Bonchev–Trinajstić information content (AvgIpc) is 2.56. The molecule has 2 aromatic rings. The molecule has 0 saturated heterocycles. The smallest absolute Gasteiger partial charge is 0.335 e. The summed E-state index contributed by atoms with van der Waals surface area (Å²) in [7, 11) is 0. The molecule has 7 heteroatoms. The molecule has 0 bridgehead atoms. The third-order valence-electron chi connectivity index (χ3n) is 2.04. The van der Waals surface area contributed by atoms with Crippen LogP contribution in [0.15, 0.2) is 60.7 Å². The number of aliphatic hydroxyl groups is 2. The molecule has 2 aromatic carbocycles. The molecule has 0 aliphatic carbocycles. The molecule has 148 valence electrons. The molecular formula is C20H28O6Ti. The van der Waals surface area contributed by atoms with E-state index in [4.69, 9.17) is 20.4 Å². The topological polar surface area (TPSA) is 115 Å². The summed E-state index contributed by atoms with van der Waals surface area (Å²) in [5, 5.41) is 32.9. The minimum Gasteiger partial charge on any atom is -0.478 e. The summed E-state index contributed by atoms with van der Waals surface area (Å²) in [6, 6.07) is 16.6. The minimum absolute atomic E-state index is 0. The minimum atomic E-state index is -0.879. The van der Waals surface area contributed by atoms with Crippen LogP contribution in [0.2, 0.25) is 0 Å². The maximum Gasteiger partial charge on any atom is 0.335 e. The predicted octanol–water partition coefficient (Wildman–Crippen LogP) is 3.54. The number of hydrogen-bond acceptors (Lipinski definition) is 4. The SMILES string of the molecule is CC(C)O.CC(C)O.O=C(O)c1ccccc1.O=C(O)c1ccccc1.[Ti]. The summed E-state index contributed by atoms with van der Waals surface area (Å²) >= 11 is 0. The molecule has 0 aliphatic rings. The zero-order valence-electron chi connectivity index (χ0n) is 16.0. The molecule has 0 radical (unpaired) electrons. The second kappa shape index (κ2) is 18.8. The van der Waals surface area contributed by atoms with Gasteiger partial charge in [-0.1, -0.05) is 36.4 Å². The molecule has 0 aliphatic heterocycles. The van der Waals surface area contributed by atoms with E-state index in [9.17, 15) is 9.59 Å². The van der Waals surface area contributed by atoms with E-state index in [0.717, 1.165) is 0 Å². The van der Waals surface area contributed by atoms with Gasteiger partial charge in [0.1, 0.15) is 0 Å². The van der Waals surface area contributed by atoms with Crippen LogP contribution in [0.1, 0.15) is 48.4 Å². The van der Waals surface area contributed by atoms with Crippen molar-refractivity contribution in [1.29, 1.82) is 0 Å². The van der Waals surface area contributed by atoms with E-state index in [1.54, 1.807) is 88.4 Å². The Morgan fingerprint density at radius 1 is 0.630 bits per heavy atom. The summed E-state index contributed by atoms with van der Waals surface area (Å²) < 4.78 is 0. The molecule has 0 aromatic heterocycles. The fourth-order valence-corrected chi connectivity index (χ4v) is 1.16. The van der Waals surface area contributed by atoms with Gasteiger partial charge in [-0.2, -0.15) is 0 Å². The Kier molecular flexibility index (Phi) is 20.7. The quantitative estimate of drug-likeness (QED) is 0.561. The number of rotatable bonds is 2. The summed E-state index contributed by atoms with van der Waals surface area (Å²) in [4.78, 5) is 20.4. The molecule has 0 unspecified atom stereocenters. The van der Waals surface area contributed by atoms with Gasteiger partial charge in [-0.15, -0.1) is 0 Å². The Balaban J connectivity index is -0.000000303. The Morgan fingerprint density at radius 2 is 0.815 bits per heavy atom. The van der Waals surface area contributed by atoms with Gasteiger partial charge < -0.3 is 20.4 Å². The molecule has 0 heterocycles. The van der Waals surface area contributed by atoms with E-state index in [2.05, 4.69) is 0 Å². The van der Waals surface area contributed by atoms with Crippen LogP contribution in [0.4, 0.5) is 0 Å². The Morgan fingerprint density at radius 3 is 0.926 bits per heavy atom. The summed E-state index contributed by atoms with van der Waals surface area (Å²) in [6.45, 7) is 6.89. The molecule has 0 atom stereocenters. The number of aliphatic hydroxyl groups excluding tert-OH is 2. The van der Waals surface area contributed by atoms with Crippen LogP contribution in [-0.2, 0) is 21.7 Å². The van der Waals surface area contributed by atoms with E-state index in [1.165, 1.54) is 0 Å². The molecule has 2 rings (SSSR count). The molecule has 0 amide bonds. The van der Waals surface area contributed by atoms with Gasteiger partial charge in [-0.3, -0.25) is 0 Å². The second-order valence-electron chi connectivity index (χ2n) is 5.53. The number of aromatic carboxylic acids is 2. The summed E-state index contributed by atoms with van der Waals surface area (Å²) in [5.74, 6) is -1.76. The number of carboxylic acid groups (broad SMARTS) is 2. The molecule has 0 spiro atoms. The summed E-state index contributed by atoms with van der Waals surface area (Å²) in [5.41, 5.74) is 0.662. The molecule has 0 saturated carbocycles. The maximum absolute atomic E-state index is 10.2. The van der Waals surface area contributed by atoms with Gasteiger partial charge in [0.2, 0.25) is 0 Å². The van der Waals surface area contributed by atoms with E-state index < -0.39 is 11.9 Å². The van der Waals surface area contributed by atoms with Gasteiger partial charge in [0.25, 0.3) is 0 Å². The van der Waals surface area contributed by atoms with E-state index >= 15 is 0 Å². The van der Waals surface area contributed by atoms with Gasteiger partial charge in [0.15, 0.2) is 0 Å². The van der Waals surface area contributed by atoms with Crippen molar-refractivity contribution in [3.63, 3.8) is 0 Å². The monoisotopic (exact) mass is 412 g/mol. The zero-order valence-corrected chi connectivity index (χ0v) is 17.6. The van der Waals surface area contributed by atoms with Gasteiger partial charge in [0.05, 0.1) is 11.1 Å². The van der Waals surface area contributed by atoms with Gasteiger partial charge in [0, 0.05) is 33.9 Å². The van der Waals surface area contributed by atoms with Gasteiger partial charge in [-0.25, -0.2) is 9.59 Å². The molecule has 0 fully saturated rings. The molecule has 6 nitrogen and oxygen atoms in total. The predicted molar refractivity (Wildman–Crippen MR) is 102 cm³/mol. The van der Waals surface area contributed by atoms with Crippen molar-refractivity contribution in [3.05, 3.63) is 71.8 Å². The van der Waals surface area contributed by atoms with E-state index in [0.29, 0.717) is 11.1 Å². The standard InChI is InChI=1S/2C7H6O2.2C3H8O.Ti/c2*8-7(9)6-4-2-1-3-5-6;2*1-3(2)4;/h2*1-5H,(H,8,9);2*3-4H,1-2H3;. The molecule has 4 N–H and O–H groups in total. The average molecular weight is 412 g/mol. The van der Waals surface area contributed by atoms with Crippen LogP contribution < -0.4 is 0 Å². The van der Waals surface area contributed by atoms with Crippen LogP contribution in [0, 0.1) is 0 Å². The van der Waals surface area contributed by atoms with Crippen molar-refractivity contribution < 1.29 is 51.7 Å². The van der Waals surface area contributed by atoms with E-state index in [-0.39, 0.29) is 33.9 Å². The largest absolute Gasteiger partial charge is 0.478 e. The number of carbonyl (C=O) groups is 2. The molecular weight excluding hydrogens is 384 g/mol. The Bertz CT molecular complexity index is 539. The van der Waals surface area contributed by atoms with Crippen molar-refractivity contribution in [2.75, 3.05) is 0 Å². The zero-order chi connectivity index (χ0) is 20.5. The Hall–Kier alpha value is -1.99. The maximum atomic E-state index is 10.2. The first kappa shape index (κ1) is 29.8. The first-order valence-corrected chi connectivity index (χ1v) is 8.00. The van der Waals surface area contributed by atoms with Crippen LogP contribution in [0.25, 0.3) is 0 Å². The Labute approximate surface area is 175 Å². The van der Waals surface area contributed by atoms with Gasteiger partial charge >= 0.3 is 11.9 Å². The van der Waals surface area contributed by atoms with Crippen molar-refractivity contribution in [1.82, 2.24) is 0 Å². The van der Waals surface area contributed by atoms with Crippen molar-refractivity contribution in [2.45, 2.75) is 39.9 Å².